The highest BCUT2D eigenvalue weighted by atomic mass is 32.2. The van der Waals surface area contributed by atoms with Crippen LogP contribution < -0.4 is 15.8 Å². The Balaban J connectivity index is 0.931. The molecule has 1 unspecified atom stereocenters. The summed E-state index contributed by atoms with van der Waals surface area (Å²) in [6, 6.07) is 7.90. The van der Waals surface area contributed by atoms with Gasteiger partial charge in [0, 0.05) is 49.8 Å². The molecule has 2 aromatic heterocycles. The molecule has 11 nitrogen and oxygen atoms in total. The number of nitrogen functional groups attached to an aromatic ring is 1. The third kappa shape index (κ3) is 8.48. The van der Waals surface area contributed by atoms with Gasteiger partial charge in [-0.25, -0.2) is 18.7 Å². The number of nitrogens with zero attached hydrogens (tertiary/aromatic N) is 4. The van der Waals surface area contributed by atoms with E-state index >= 15 is 0 Å². The molecule has 2 aromatic carbocycles. The summed E-state index contributed by atoms with van der Waals surface area (Å²) in [5.41, 5.74) is 8.86. The molecule has 16 heteroatoms. The van der Waals surface area contributed by atoms with Gasteiger partial charge in [-0.2, -0.15) is 8.78 Å². The molecule has 0 radical (unpaired) electrons. The number of anilines is 1. The Morgan fingerprint density at radius 2 is 1.72 bits per heavy atom. The van der Waals surface area contributed by atoms with Crippen LogP contribution in [0.4, 0.5) is 23.4 Å². The van der Waals surface area contributed by atoms with Gasteiger partial charge in [-0.05, 0) is 56.9 Å². The molecule has 1 aliphatic heterocycles. The fourth-order valence-electron chi connectivity index (χ4n) is 7.22. The number of likely N-dealkylation sites (tertiary alicyclic amines) is 1. The van der Waals surface area contributed by atoms with Crippen LogP contribution in [0.1, 0.15) is 70.5 Å². The van der Waals surface area contributed by atoms with Crippen molar-refractivity contribution in [1.82, 2.24) is 24.8 Å². The van der Waals surface area contributed by atoms with Crippen LogP contribution in [0.25, 0.3) is 21.9 Å². The lowest BCUT2D eigenvalue weighted by molar-refractivity contribution is -0.139. The monoisotopic (exact) mass is 770 g/mol. The second-order valence-electron chi connectivity index (χ2n) is 13.8. The predicted octanol–water partition coefficient (Wildman–Crippen LogP) is 6.23. The number of nitrogens with two attached hydrogens (primary N) is 1. The molecule has 3 N–H and O–H groups in total. The maximum atomic E-state index is 13.9. The van der Waals surface area contributed by atoms with Crippen molar-refractivity contribution in [2.45, 2.75) is 82.9 Å². The number of para-hydroxylation sites is 1. The fraction of sp³-hybridized carbons (Fsp3) is 0.474. The SMILES string of the molecule is CCCCc1nc2c(N)nc3ccccc3c2n1CCCCNC(=O)C1CCC(CN2C(=O)CC(SCC(=O)Oc3c(F)c(F)cc(F)c3F)C2=O)CC1. The first-order chi connectivity index (χ1) is 26.0. The molecule has 1 aliphatic carbocycles. The van der Waals surface area contributed by atoms with Crippen LogP contribution in [-0.2, 0) is 32.1 Å². The number of imidazole rings is 1. The first-order valence-electron chi connectivity index (χ1n) is 18.3. The number of aryl methyl sites for hydroxylation is 2. The smallest absolute Gasteiger partial charge is 0.321 e. The Kier molecular flexibility index (Phi) is 12.4. The lowest BCUT2D eigenvalue weighted by Gasteiger charge is -2.30. The molecule has 0 bridgehead atoms. The average molecular weight is 771 g/mol. The number of hydrogen-bond donors (Lipinski definition) is 2. The van der Waals surface area contributed by atoms with Crippen LogP contribution >= 0.6 is 11.8 Å². The molecule has 1 saturated carbocycles. The highest BCUT2D eigenvalue weighted by Gasteiger charge is 2.41. The van der Waals surface area contributed by atoms with Gasteiger partial charge in [0.25, 0.3) is 0 Å². The Hall–Kier alpha value is -4.73. The van der Waals surface area contributed by atoms with Crippen molar-refractivity contribution in [3.8, 4) is 5.75 Å². The van der Waals surface area contributed by atoms with Crippen molar-refractivity contribution in [2.75, 3.05) is 24.6 Å². The van der Waals surface area contributed by atoms with Gasteiger partial charge < -0.3 is 20.4 Å². The lowest BCUT2D eigenvalue weighted by atomic mass is 9.81. The van der Waals surface area contributed by atoms with E-state index < -0.39 is 57.8 Å². The lowest BCUT2D eigenvalue weighted by Crippen LogP contribution is -2.39. The Morgan fingerprint density at radius 1 is 1.00 bits per heavy atom. The number of unbranched alkanes of at least 4 members (excludes halogenated alkanes) is 2. The molecular formula is C38H42F4N6O5S. The molecule has 54 heavy (non-hydrogen) atoms. The first kappa shape index (κ1) is 39.0. The van der Waals surface area contributed by atoms with Gasteiger partial charge in [-0.15, -0.1) is 11.8 Å². The van der Waals surface area contributed by atoms with E-state index in [1.165, 1.54) is 0 Å². The van der Waals surface area contributed by atoms with Crippen LogP contribution in [0.3, 0.4) is 0 Å². The Bertz CT molecular complexity index is 2040. The fourth-order valence-corrected chi connectivity index (χ4v) is 8.14. The van der Waals surface area contributed by atoms with E-state index in [9.17, 15) is 36.7 Å². The number of fused-ring (bicyclic) bond motifs is 3. The summed E-state index contributed by atoms with van der Waals surface area (Å²) in [7, 11) is 0. The minimum Gasteiger partial charge on any atom is -0.419 e. The number of thioether (sulfide) groups is 1. The van der Waals surface area contributed by atoms with Crippen LogP contribution in [0.15, 0.2) is 30.3 Å². The van der Waals surface area contributed by atoms with Gasteiger partial charge in [0.1, 0.15) is 11.3 Å². The first-order valence-corrected chi connectivity index (χ1v) is 19.3. The van der Waals surface area contributed by atoms with Crippen molar-refractivity contribution in [2.24, 2.45) is 11.8 Å². The molecule has 2 aliphatic rings. The van der Waals surface area contributed by atoms with E-state index in [0.717, 1.165) is 83.1 Å². The third-order valence-corrected chi connectivity index (χ3v) is 11.3. The summed E-state index contributed by atoms with van der Waals surface area (Å²) >= 11 is 0.744. The van der Waals surface area contributed by atoms with Crippen LogP contribution in [0, 0.1) is 35.1 Å². The third-order valence-electron chi connectivity index (χ3n) is 10.1. The second kappa shape index (κ2) is 17.2. The van der Waals surface area contributed by atoms with Gasteiger partial charge in [0.2, 0.25) is 35.1 Å². The second-order valence-corrected chi connectivity index (χ2v) is 15.0. The Morgan fingerprint density at radius 3 is 2.44 bits per heavy atom. The van der Waals surface area contributed by atoms with Gasteiger partial charge in [0.15, 0.2) is 17.5 Å². The molecule has 1 atom stereocenters. The molecule has 288 valence electrons. The number of hydrogen-bond acceptors (Lipinski definition) is 9. The van der Waals surface area contributed by atoms with Crippen LogP contribution in [0.2, 0.25) is 0 Å². The van der Waals surface area contributed by atoms with E-state index in [-0.39, 0.29) is 36.8 Å². The summed E-state index contributed by atoms with van der Waals surface area (Å²) in [5, 5.41) is 3.17. The molecule has 6 rings (SSSR count). The summed E-state index contributed by atoms with van der Waals surface area (Å²) in [6.07, 6.45) is 6.87. The van der Waals surface area contributed by atoms with E-state index in [4.69, 9.17) is 10.7 Å². The number of benzene rings is 2. The Labute approximate surface area is 313 Å². The molecular weight excluding hydrogens is 729 g/mol. The van der Waals surface area contributed by atoms with E-state index in [1.54, 1.807) is 0 Å². The number of aromatic nitrogens is 3. The maximum Gasteiger partial charge on any atom is 0.321 e. The number of pyridine rings is 1. The summed E-state index contributed by atoms with van der Waals surface area (Å²) in [5.74, 6) is -10.2. The highest BCUT2D eigenvalue weighted by Crippen LogP contribution is 2.34. The van der Waals surface area contributed by atoms with Crippen molar-refractivity contribution in [1.29, 1.82) is 0 Å². The number of imide groups is 1. The number of carbonyl (C=O) groups is 4. The minimum atomic E-state index is -1.86. The van der Waals surface area contributed by atoms with Crippen molar-refractivity contribution in [3.63, 3.8) is 0 Å². The van der Waals surface area contributed by atoms with Crippen molar-refractivity contribution < 1.29 is 41.5 Å². The number of halogens is 4. The van der Waals surface area contributed by atoms with Gasteiger partial charge in [0.05, 0.1) is 22.0 Å². The maximum absolute atomic E-state index is 13.9. The number of rotatable bonds is 15. The van der Waals surface area contributed by atoms with Gasteiger partial charge in [-0.3, -0.25) is 24.1 Å². The summed E-state index contributed by atoms with van der Waals surface area (Å²) < 4.78 is 61.3. The van der Waals surface area contributed by atoms with Gasteiger partial charge >= 0.3 is 5.97 Å². The van der Waals surface area contributed by atoms with Crippen molar-refractivity contribution >= 4 is 63.2 Å². The van der Waals surface area contributed by atoms with Crippen LogP contribution in [0.5, 0.6) is 5.75 Å². The van der Waals surface area contributed by atoms with E-state index in [2.05, 4.69) is 26.5 Å². The normalized spacial score (nSPS) is 18.9. The number of nitrogens with one attached hydrogen (secondary N) is 1. The molecule has 2 fully saturated rings. The quantitative estimate of drug-likeness (QED) is 0.0358. The highest BCUT2D eigenvalue weighted by molar-refractivity contribution is 8.01. The number of carbonyl (C=O) groups excluding carboxylic acids is 4. The number of ether oxygens (including phenoxy) is 1. The molecule has 4 aromatic rings. The topological polar surface area (TPSA) is 150 Å². The summed E-state index contributed by atoms with van der Waals surface area (Å²) in [6.45, 7) is 3.60. The largest absolute Gasteiger partial charge is 0.419 e. The standard InChI is InChI=1S/C38H42F4N6O5S/c1-2-3-10-28-46-33-34(23-8-4-5-9-26(23)45-36(33)43)47(28)16-7-6-15-44-37(51)22-13-11-21(12-14-22)19-48-29(49)18-27(38(48)52)54-20-30(50)53-35-31(41)24(39)17-25(40)32(35)42/h4-5,8-9,17,21-22,27H,2-3,6-7,10-16,18-20H2,1H3,(H2,43,45)(H,44,51). The minimum absolute atomic E-state index is 0.00701. The number of esters is 1. The van der Waals surface area contributed by atoms with E-state index in [1.807, 2.05) is 24.3 Å². The molecule has 3 heterocycles. The zero-order valence-corrected chi connectivity index (χ0v) is 30.7. The number of amides is 3. The van der Waals surface area contributed by atoms with Crippen LogP contribution in [-0.4, -0.2) is 67.2 Å². The summed E-state index contributed by atoms with van der Waals surface area (Å²) in [4.78, 5) is 61.5. The average Bonchev–Trinajstić information content (AvgIpc) is 3.66. The van der Waals surface area contributed by atoms with Gasteiger partial charge in [-0.1, -0.05) is 31.5 Å². The molecule has 1 saturated heterocycles. The zero-order chi connectivity index (χ0) is 38.5. The van der Waals surface area contributed by atoms with Crippen molar-refractivity contribution in [3.05, 3.63) is 59.4 Å². The zero-order valence-electron chi connectivity index (χ0n) is 29.8. The molecule has 3 amide bonds. The molecule has 0 spiro atoms. The predicted molar refractivity (Wildman–Crippen MR) is 195 cm³/mol. The van der Waals surface area contributed by atoms with E-state index in [0.29, 0.717) is 38.0 Å².